The number of rotatable bonds is 5. The van der Waals surface area contributed by atoms with E-state index in [9.17, 15) is 9.59 Å². The summed E-state index contributed by atoms with van der Waals surface area (Å²) in [7, 11) is 0. The number of benzene rings is 1. The molecular weight excluding hydrogens is 306 g/mol. The average molecular weight is 321 g/mol. The van der Waals surface area contributed by atoms with E-state index in [0.717, 1.165) is 0 Å². The molecule has 3 aromatic rings. The van der Waals surface area contributed by atoms with E-state index in [2.05, 4.69) is 15.6 Å². The van der Waals surface area contributed by atoms with Crippen molar-refractivity contribution in [1.29, 1.82) is 0 Å². The predicted octanol–water partition coefficient (Wildman–Crippen LogP) is 2.86. The molecule has 1 aromatic carbocycles. The van der Waals surface area contributed by atoms with Gasteiger partial charge < -0.3 is 15.1 Å². The molecule has 3 rings (SSSR count). The van der Waals surface area contributed by atoms with Crippen LogP contribution in [0.3, 0.4) is 0 Å². The topological polar surface area (TPSA) is 84.2 Å². The quantitative estimate of drug-likeness (QED) is 0.757. The Hall–Kier alpha value is -3.41. The van der Waals surface area contributed by atoms with Crippen molar-refractivity contribution >= 4 is 17.5 Å². The van der Waals surface area contributed by atoms with Crippen LogP contribution in [0.1, 0.15) is 26.6 Å². The molecule has 2 heterocycles. The fraction of sp³-hybridized carbons (Fsp3) is 0.0556. The lowest BCUT2D eigenvalue weighted by Gasteiger charge is -2.07. The summed E-state index contributed by atoms with van der Waals surface area (Å²) in [6.07, 6.45) is 2.97. The molecule has 6 nitrogen and oxygen atoms in total. The normalized spacial score (nSPS) is 10.2. The summed E-state index contributed by atoms with van der Waals surface area (Å²) in [6.45, 7) is 0.277. The molecule has 0 unspecified atom stereocenters. The Morgan fingerprint density at radius 2 is 1.83 bits per heavy atom. The van der Waals surface area contributed by atoms with Crippen molar-refractivity contribution in [2.24, 2.45) is 0 Å². The van der Waals surface area contributed by atoms with Crippen molar-refractivity contribution in [3.63, 3.8) is 0 Å². The van der Waals surface area contributed by atoms with Gasteiger partial charge in [0.15, 0.2) is 0 Å². The van der Waals surface area contributed by atoms with E-state index < -0.39 is 0 Å². The van der Waals surface area contributed by atoms with Gasteiger partial charge in [-0.15, -0.1) is 0 Å². The zero-order chi connectivity index (χ0) is 16.8. The molecular formula is C18H15N3O3. The summed E-state index contributed by atoms with van der Waals surface area (Å²) >= 11 is 0. The summed E-state index contributed by atoms with van der Waals surface area (Å²) in [6, 6.07) is 15.6. The second kappa shape index (κ2) is 7.23. The van der Waals surface area contributed by atoms with Gasteiger partial charge in [-0.3, -0.25) is 14.6 Å². The predicted molar refractivity (Wildman–Crippen MR) is 88.5 cm³/mol. The number of aromatic nitrogens is 1. The molecule has 24 heavy (non-hydrogen) atoms. The first-order valence-electron chi connectivity index (χ1n) is 7.35. The van der Waals surface area contributed by atoms with Gasteiger partial charge in [-0.05, 0) is 36.4 Å². The highest BCUT2D eigenvalue weighted by Crippen LogP contribution is 2.09. The zero-order valence-electron chi connectivity index (χ0n) is 12.7. The van der Waals surface area contributed by atoms with Crippen molar-refractivity contribution in [3.05, 3.63) is 84.1 Å². The molecule has 6 heteroatoms. The van der Waals surface area contributed by atoms with Crippen LogP contribution in [-0.4, -0.2) is 16.8 Å². The highest BCUT2D eigenvalue weighted by atomic mass is 16.3. The van der Waals surface area contributed by atoms with E-state index in [4.69, 9.17) is 4.42 Å². The van der Waals surface area contributed by atoms with Crippen LogP contribution in [0.5, 0.6) is 0 Å². The van der Waals surface area contributed by atoms with Gasteiger partial charge in [-0.2, -0.15) is 0 Å². The van der Waals surface area contributed by atoms with Crippen LogP contribution in [0, 0.1) is 0 Å². The molecule has 0 aliphatic rings. The summed E-state index contributed by atoms with van der Waals surface area (Å²) in [5, 5.41) is 5.46. The molecule has 120 valence electrons. The summed E-state index contributed by atoms with van der Waals surface area (Å²) in [5.41, 5.74) is 1.19. The Balaban J connectivity index is 1.66. The molecule has 0 saturated carbocycles. The van der Waals surface area contributed by atoms with E-state index in [1.54, 1.807) is 36.6 Å². The maximum Gasteiger partial charge on any atom is 0.274 e. The molecule has 2 amide bonds. The molecule has 2 N–H and O–H groups in total. The Morgan fingerprint density at radius 3 is 2.58 bits per heavy atom. The van der Waals surface area contributed by atoms with Crippen LogP contribution in [0.15, 0.2) is 71.5 Å². The minimum atomic E-state index is -0.373. The van der Waals surface area contributed by atoms with Crippen LogP contribution in [0.2, 0.25) is 0 Å². The van der Waals surface area contributed by atoms with E-state index in [1.165, 1.54) is 12.3 Å². The summed E-state index contributed by atoms with van der Waals surface area (Å²) in [4.78, 5) is 28.4. The Kier molecular flexibility index (Phi) is 4.67. The second-order valence-corrected chi connectivity index (χ2v) is 5.01. The number of nitrogens with one attached hydrogen (secondary N) is 2. The number of hydrogen-bond donors (Lipinski definition) is 2. The Labute approximate surface area is 138 Å². The molecule has 0 fully saturated rings. The standard InChI is InChI=1S/C18H15N3O3/c22-17(20-12-15-7-4-10-24-15)13-8-9-19-16(11-13)18(23)21-14-5-2-1-3-6-14/h1-11H,12H2,(H,20,22)(H,21,23). The Morgan fingerprint density at radius 1 is 1.00 bits per heavy atom. The molecule has 0 atom stereocenters. The van der Waals surface area contributed by atoms with Gasteiger partial charge in [-0.1, -0.05) is 18.2 Å². The summed E-state index contributed by atoms with van der Waals surface area (Å²) in [5.74, 6) is -0.0242. The fourth-order valence-corrected chi connectivity index (χ4v) is 2.10. The number of hydrogen-bond acceptors (Lipinski definition) is 4. The molecule has 0 spiro atoms. The molecule has 2 aromatic heterocycles. The van der Waals surface area contributed by atoms with Crippen molar-refractivity contribution in [2.45, 2.75) is 6.54 Å². The number of anilines is 1. The summed E-state index contributed by atoms with van der Waals surface area (Å²) < 4.78 is 5.16. The third-order valence-electron chi connectivity index (χ3n) is 3.29. The lowest BCUT2D eigenvalue weighted by molar-refractivity contribution is 0.0948. The van der Waals surface area contributed by atoms with Crippen molar-refractivity contribution in [1.82, 2.24) is 10.3 Å². The number of amides is 2. The maximum absolute atomic E-state index is 12.2. The van der Waals surface area contributed by atoms with Crippen LogP contribution in [-0.2, 0) is 6.54 Å². The first kappa shape index (κ1) is 15.5. The SMILES string of the molecule is O=C(NCc1ccco1)c1ccnc(C(=O)Nc2ccccc2)c1. The minimum absolute atomic E-state index is 0.171. The van der Waals surface area contributed by atoms with Gasteiger partial charge >= 0.3 is 0 Å². The van der Waals surface area contributed by atoms with Gasteiger partial charge in [0, 0.05) is 17.4 Å². The van der Waals surface area contributed by atoms with Gasteiger partial charge in [-0.25, -0.2) is 0 Å². The zero-order valence-corrected chi connectivity index (χ0v) is 12.7. The molecule has 0 saturated heterocycles. The number of carbonyl (C=O) groups excluding carboxylic acids is 2. The Bertz CT molecular complexity index is 830. The minimum Gasteiger partial charge on any atom is -0.467 e. The highest BCUT2D eigenvalue weighted by molar-refractivity contribution is 6.04. The monoisotopic (exact) mass is 321 g/mol. The van der Waals surface area contributed by atoms with Crippen LogP contribution in [0.25, 0.3) is 0 Å². The van der Waals surface area contributed by atoms with Crippen molar-refractivity contribution < 1.29 is 14.0 Å². The highest BCUT2D eigenvalue weighted by Gasteiger charge is 2.12. The van der Waals surface area contributed by atoms with Crippen molar-refractivity contribution in [3.8, 4) is 0 Å². The molecule has 0 radical (unpaired) electrons. The average Bonchev–Trinajstić information content (AvgIpc) is 3.14. The number of furan rings is 1. The maximum atomic E-state index is 12.2. The van der Waals surface area contributed by atoms with Crippen LogP contribution in [0.4, 0.5) is 5.69 Å². The molecule has 0 aliphatic heterocycles. The third-order valence-corrected chi connectivity index (χ3v) is 3.29. The second-order valence-electron chi connectivity index (χ2n) is 5.01. The van der Waals surface area contributed by atoms with E-state index >= 15 is 0 Å². The van der Waals surface area contributed by atoms with Crippen LogP contribution < -0.4 is 10.6 Å². The smallest absolute Gasteiger partial charge is 0.274 e. The third kappa shape index (κ3) is 3.86. The number of para-hydroxylation sites is 1. The number of carbonyl (C=O) groups is 2. The van der Waals surface area contributed by atoms with E-state index in [-0.39, 0.29) is 24.1 Å². The number of pyridine rings is 1. The van der Waals surface area contributed by atoms with Gasteiger partial charge in [0.2, 0.25) is 0 Å². The first-order valence-corrected chi connectivity index (χ1v) is 7.35. The van der Waals surface area contributed by atoms with E-state index in [0.29, 0.717) is 17.0 Å². The van der Waals surface area contributed by atoms with Gasteiger partial charge in [0.25, 0.3) is 11.8 Å². The largest absolute Gasteiger partial charge is 0.467 e. The molecule has 0 aliphatic carbocycles. The van der Waals surface area contributed by atoms with E-state index in [1.807, 2.05) is 18.2 Å². The molecule has 0 bridgehead atoms. The first-order chi connectivity index (χ1) is 11.7. The number of nitrogens with zero attached hydrogens (tertiary/aromatic N) is 1. The fourth-order valence-electron chi connectivity index (χ4n) is 2.10. The lowest BCUT2D eigenvalue weighted by Crippen LogP contribution is -2.23. The lowest BCUT2D eigenvalue weighted by atomic mass is 10.2. The van der Waals surface area contributed by atoms with Crippen LogP contribution >= 0.6 is 0 Å². The van der Waals surface area contributed by atoms with Gasteiger partial charge in [0.05, 0.1) is 12.8 Å². The van der Waals surface area contributed by atoms with Crippen molar-refractivity contribution in [2.75, 3.05) is 5.32 Å². The van der Waals surface area contributed by atoms with Gasteiger partial charge in [0.1, 0.15) is 11.5 Å².